The lowest BCUT2D eigenvalue weighted by Gasteiger charge is -2.29. The molecule has 5 nitrogen and oxygen atoms in total. The van der Waals surface area contributed by atoms with Crippen LogP contribution in [-0.2, 0) is 0 Å². The van der Waals surface area contributed by atoms with Gasteiger partial charge >= 0.3 is 0 Å². The van der Waals surface area contributed by atoms with Gasteiger partial charge in [-0.05, 0) is 49.9 Å². The topological polar surface area (TPSA) is 61.7 Å². The molecule has 2 heterocycles. The number of imidazole rings is 1. The second kappa shape index (κ2) is 8.66. The minimum Gasteiger partial charge on any atom is -0.328 e. The van der Waals surface area contributed by atoms with E-state index in [4.69, 9.17) is 5.73 Å². The maximum Gasteiger partial charge on any atom is 0.142 e. The van der Waals surface area contributed by atoms with Crippen LogP contribution in [0.3, 0.4) is 0 Å². The van der Waals surface area contributed by atoms with Crippen molar-refractivity contribution in [2.24, 2.45) is 5.73 Å². The second-order valence-corrected chi connectivity index (χ2v) is 6.35. The van der Waals surface area contributed by atoms with Crippen molar-refractivity contribution >= 4 is 24.8 Å². The number of hydrogen-bond donors (Lipinski definition) is 1. The van der Waals surface area contributed by atoms with Crippen LogP contribution in [0.25, 0.3) is 17.1 Å². The molecule has 4 rings (SSSR count). The van der Waals surface area contributed by atoms with Gasteiger partial charge in [0, 0.05) is 42.4 Å². The van der Waals surface area contributed by atoms with Gasteiger partial charge in [-0.15, -0.1) is 24.8 Å². The van der Waals surface area contributed by atoms with Crippen molar-refractivity contribution in [2.45, 2.75) is 37.8 Å². The summed E-state index contributed by atoms with van der Waals surface area (Å²) in [5, 5.41) is 4.28. The third-order valence-electron chi connectivity index (χ3n) is 4.70. The molecule has 0 spiro atoms. The molecule has 0 unspecified atom stereocenters. The molecule has 0 bridgehead atoms. The molecule has 2 N–H and O–H groups in total. The molecule has 0 amide bonds. The van der Waals surface area contributed by atoms with E-state index < -0.39 is 0 Å². The predicted octanol–water partition coefficient (Wildman–Crippen LogP) is 4.16. The van der Waals surface area contributed by atoms with E-state index >= 15 is 0 Å². The summed E-state index contributed by atoms with van der Waals surface area (Å²) in [5.41, 5.74) is 7.70. The molecule has 140 valence electrons. The average Bonchev–Trinajstić information content (AvgIpc) is 3.26. The van der Waals surface area contributed by atoms with E-state index in [1.807, 2.05) is 18.5 Å². The van der Waals surface area contributed by atoms with Crippen molar-refractivity contribution in [3.05, 3.63) is 54.9 Å². The van der Waals surface area contributed by atoms with Crippen LogP contribution in [0.5, 0.6) is 0 Å². The largest absolute Gasteiger partial charge is 0.328 e. The first-order valence-electron chi connectivity index (χ1n) is 8.31. The molecule has 1 aliphatic rings. The van der Waals surface area contributed by atoms with Crippen molar-refractivity contribution in [1.29, 1.82) is 0 Å². The third-order valence-corrected chi connectivity index (χ3v) is 4.70. The monoisotopic (exact) mass is 397 g/mol. The summed E-state index contributed by atoms with van der Waals surface area (Å²) in [7, 11) is 0. The summed E-state index contributed by atoms with van der Waals surface area (Å²) in [6, 6.07) is 7.09. The Kier molecular flexibility index (Phi) is 6.81. The van der Waals surface area contributed by atoms with Crippen LogP contribution in [0, 0.1) is 5.82 Å². The van der Waals surface area contributed by atoms with Crippen LogP contribution in [0.1, 0.15) is 31.7 Å². The molecule has 2 atom stereocenters. The quantitative estimate of drug-likeness (QED) is 0.721. The van der Waals surface area contributed by atoms with E-state index in [1.165, 1.54) is 12.1 Å². The van der Waals surface area contributed by atoms with Gasteiger partial charge in [0.2, 0.25) is 0 Å². The van der Waals surface area contributed by atoms with Crippen molar-refractivity contribution in [2.75, 3.05) is 0 Å². The van der Waals surface area contributed by atoms with Gasteiger partial charge < -0.3 is 10.3 Å². The molecular formula is C18H22Cl2FN5. The van der Waals surface area contributed by atoms with E-state index in [0.29, 0.717) is 6.04 Å². The number of nitrogens with zero attached hydrogens (tertiary/aromatic N) is 4. The fourth-order valence-electron chi connectivity index (χ4n) is 3.57. The molecular weight excluding hydrogens is 376 g/mol. The van der Waals surface area contributed by atoms with Crippen molar-refractivity contribution in [3.63, 3.8) is 0 Å². The summed E-state index contributed by atoms with van der Waals surface area (Å²) >= 11 is 0. The van der Waals surface area contributed by atoms with Crippen LogP contribution in [0.2, 0.25) is 0 Å². The number of rotatable bonds is 3. The lowest BCUT2D eigenvalue weighted by Crippen LogP contribution is -2.29. The molecule has 2 aromatic heterocycles. The molecule has 26 heavy (non-hydrogen) atoms. The Morgan fingerprint density at radius 2 is 1.96 bits per heavy atom. The van der Waals surface area contributed by atoms with Crippen molar-refractivity contribution in [3.8, 4) is 17.1 Å². The highest BCUT2D eigenvalue weighted by Crippen LogP contribution is 2.33. The number of benzene rings is 1. The van der Waals surface area contributed by atoms with Gasteiger partial charge in [-0.1, -0.05) is 0 Å². The second-order valence-electron chi connectivity index (χ2n) is 6.35. The molecule has 0 aliphatic heterocycles. The van der Waals surface area contributed by atoms with Crippen LogP contribution in [0.4, 0.5) is 4.39 Å². The Bertz CT molecular complexity index is 834. The van der Waals surface area contributed by atoms with E-state index in [9.17, 15) is 4.39 Å². The normalized spacial score (nSPS) is 19.5. The molecule has 3 aromatic rings. The molecule has 0 saturated heterocycles. The van der Waals surface area contributed by atoms with Gasteiger partial charge in [-0.3, -0.25) is 0 Å². The summed E-state index contributed by atoms with van der Waals surface area (Å²) in [6.07, 6.45) is 11.5. The fraction of sp³-hybridized carbons (Fsp3) is 0.333. The Balaban J connectivity index is 0.00000121. The molecule has 1 saturated carbocycles. The van der Waals surface area contributed by atoms with Gasteiger partial charge in [0.25, 0.3) is 0 Å². The van der Waals surface area contributed by atoms with E-state index in [0.717, 1.165) is 42.8 Å². The van der Waals surface area contributed by atoms with Crippen LogP contribution >= 0.6 is 24.8 Å². The maximum atomic E-state index is 13.9. The third kappa shape index (κ3) is 3.92. The fourth-order valence-corrected chi connectivity index (χ4v) is 3.57. The number of halogens is 3. The maximum absolute atomic E-state index is 13.9. The number of nitrogens with two attached hydrogens (primary N) is 1. The first-order valence-corrected chi connectivity index (χ1v) is 8.31. The van der Waals surface area contributed by atoms with Gasteiger partial charge in [-0.2, -0.15) is 5.10 Å². The zero-order valence-corrected chi connectivity index (χ0v) is 15.8. The lowest BCUT2D eigenvalue weighted by molar-refractivity contribution is 0.322. The van der Waals surface area contributed by atoms with Crippen LogP contribution in [-0.4, -0.2) is 25.4 Å². The zero-order chi connectivity index (χ0) is 16.5. The van der Waals surface area contributed by atoms with E-state index in [2.05, 4.69) is 14.6 Å². The van der Waals surface area contributed by atoms with E-state index in [-0.39, 0.29) is 36.7 Å². The Morgan fingerprint density at radius 1 is 1.12 bits per heavy atom. The minimum atomic E-state index is -0.282. The highest BCUT2D eigenvalue weighted by atomic mass is 35.5. The minimum absolute atomic E-state index is 0. The SMILES string of the molecule is Cl.Cl.N[C@H]1CCC[C@@H](n2ccnc2-c2cc(F)ccc2-n2cccn2)C1. The summed E-state index contributed by atoms with van der Waals surface area (Å²) in [4.78, 5) is 4.51. The zero-order valence-electron chi connectivity index (χ0n) is 14.2. The number of aromatic nitrogens is 4. The van der Waals surface area contributed by atoms with E-state index in [1.54, 1.807) is 23.1 Å². The highest BCUT2D eigenvalue weighted by molar-refractivity contribution is 5.85. The molecule has 1 fully saturated rings. The van der Waals surface area contributed by atoms with Crippen molar-refractivity contribution < 1.29 is 4.39 Å². The Morgan fingerprint density at radius 3 is 2.69 bits per heavy atom. The standard InChI is InChI=1S/C18H20FN5.2ClH/c19-13-5-6-17(24-9-2-7-22-24)16(11-13)18-21-8-10-23(18)15-4-1-3-14(20)12-15;;/h2,5-11,14-15H,1,3-4,12,20H2;2*1H/t14-,15+;;/m0../s1. The van der Waals surface area contributed by atoms with Gasteiger partial charge in [0.15, 0.2) is 0 Å². The average molecular weight is 398 g/mol. The lowest BCUT2D eigenvalue weighted by atomic mass is 9.91. The van der Waals surface area contributed by atoms with Gasteiger partial charge in [0.05, 0.1) is 5.69 Å². The summed E-state index contributed by atoms with van der Waals surface area (Å²) < 4.78 is 17.8. The first-order chi connectivity index (χ1) is 11.7. The Labute approximate surface area is 164 Å². The predicted molar refractivity (Wildman–Crippen MR) is 105 cm³/mol. The molecule has 0 radical (unpaired) electrons. The van der Waals surface area contributed by atoms with Gasteiger partial charge in [0.1, 0.15) is 11.6 Å². The summed E-state index contributed by atoms with van der Waals surface area (Å²) in [6.45, 7) is 0. The smallest absolute Gasteiger partial charge is 0.142 e. The van der Waals surface area contributed by atoms with Crippen LogP contribution in [0.15, 0.2) is 49.1 Å². The molecule has 1 aromatic carbocycles. The first kappa shape index (κ1) is 20.4. The van der Waals surface area contributed by atoms with Gasteiger partial charge in [-0.25, -0.2) is 14.1 Å². The molecule has 8 heteroatoms. The Hall–Kier alpha value is -1.89. The molecule has 1 aliphatic carbocycles. The van der Waals surface area contributed by atoms with Crippen LogP contribution < -0.4 is 5.73 Å². The van der Waals surface area contributed by atoms with Crippen molar-refractivity contribution in [1.82, 2.24) is 19.3 Å². The summed E-state index contributed by atoms with van der Waals surface area (Å²) in [5.74, 6) is 0.481. The highest BCUT2D eigenvalue weighted by Gasteiger charge is 2.24. The number of hydrogen-bond acceptors (Lipinski definition) is 3.